The van der Waals surface area contributed by atoms with Crippen molar-refractivity contribution in [2.75, 3.05) is 18.6 Å². The van der Waals surface area contributed by atoms with Gasteiger partial charge in [-0.3, -0.25) is 4.98 Å². The maximum atomic E-state index is 6.04. The van der Waals surface area contributed by atoms with Crippen LogP contribution in [0.3, 0.4) is 0 Å². The molecular formula is C28H28N4O2S. The van der Waals surface area contributed by atoms with E-state index in [0.29, 0.717) is 11.7 Å². The molecule has 3 heterocycles. The third-order valence-corrected chi connectivity index (χ3v) is 6.49. The topological polar surface area (TPSA) is 51.5 Å². The summed E-state index contributed by atoms with van der Waals surface area (Å²) in [5.74, 6) is 1.59. The SMILES string of the molecule is COCCn1cccc1C1C(c2ccccn2)NC(=S)N1c1ccc(Oc2ccc(C)cc2)cc1. The van der Waals surface area contributed by atoms with E-state index in [4.69, 9.17) is 21.7 Å². The molecule has 2 aromatic heterocycles. The first kappa shape index (κ1) is 23.1. The fraction of sp³-hybridized carbons (Fsp3) is 0.214. The zero-order valence-corrected chi connectivity index (χ0v) is 20.6. The number of anilines is 1. The van der Waals surface area contributed by atoms with Gasteiger partial charge in [0.1, 0.15) is 17.5 Å². The minimum absolute atomic E-state index is 0.0758. The molecule has 6 nitrogen and oxygen atoms in total. The number of rotatable bonds is 8. The number of ether oxygens (including phenoxy) is 2. The number of hydrogen-bond acceptors (Lipinski definition) is 4. The van der Waals surface area contributed by atoms with Crippen LogP contribution in [0.2, 0.25) is 0 Å². The lowest BCUT2D eigenvalue weighted by Gasteiger charge is -2.29. The van der Waals surface area contributed by atoms with Crippen LogP contribution in [0.1, 0.15) is 29.0 Å². The summed E-state index contributed by atoms with van der Waals surface area (Å²) in [4.78, 5) is 6.81. The van der Waals surface area contributed by atoms with Crippen molar-refractivity contribution in [3.8, 4) is 11.5 Å². The van der Waals surface area contributed by atoms with Gasteiger partial charge < -0.3 is 24.3 Å². The van der Waals surface area contributed by atoms with Gasteiger partial charge in [0, 0.05) is 37.4 Å². The number of aryl methyl sites for hydroxylation is 1. The van der Waals surface area contributed by atoms with Crippen LogP contribution in [-0.2, 0) is 11.3 Å². The number of aromatic nitrogens is 2. The predicted molar refractivity (Wildman–Crippen MR) is 142 cm³/mol. The average Bonchev–Trinajstić information content (AvgIpc) is 3.49. The third kappa shape index (κ3) is 4.92. The summed E-state index contributed by atoms with van der Waals surface area (Å²) in [6, 6.07) is 26.1. The van der Waals surface area contributed by atoms with Crippen LogP contribution in [-0.4, -0.2) is 28.4 Å². The summed E-state index contributed by atoms with van der Waals surface area (Å²) < 4.78 is 13.6. The van der Waals surface area contributed by atoms with E-state index in [-0.39, 0.29) is 12.1 Å². The Morgan fingerprint density at radius 2 is 1.69 bits per heavy atom. The van der Waals surface area contributed by atoms with Crippen LogP contribution in [0, 0.1) is 6.92 Å². The highest BCUT2D eigenvalue weighted by atomic mass is 32.1. The van der Waals surface area contributed by atoms with E-state index in [9.17, 15) is 0 Å². The van der Waals surface area contributed by atoms with Crippen molar-refractivity contribution in [3.05, 3.63) is 108 Å². The maximum absolute atomic E-state index is 6.04. The quantitative estimate of drug-likeness (QED) is 0.319. The van der Waals surface area contributed by atoms with Crippen molar-refractivity contribution >= 4 is 23.0 Å². The zero-order valence-electron chi connectivity index (χ0n) is 19.8. The Bertz CT molecular complexity index is 1270. The number of nitrogens with zero attached hydrogens (tertiary/aromatic N) is 3. The monoisotopic (exact) mass is 484 g/mol. The average molecular weight is 485 g/mol. The van der Waals surface area contributed by atoms with Gasteiger partial charge in [0.05, 0.1) is 18.3 Å². The van der Waals surface area contributed by atoms with Crippen molar-refractivity contribution in [2.24, 2.45) is 0 Å². The molecular weight excluding hydrogens is 456 g/mol. The highest BCUT2D eigenvalue weighted by molar-refractivity contribution is 7.80. The lowest BCUT2D eigenvalue weighted by molar-refractivity contribution is 0.186. The van der Waals surface area contributed by atoms with E-state index in [1.165, 1.54) is 5.56 Å². The highest BCUT2D eigenvalue weighted by Crippen LogP contribution is 2.42. The summed E-state index contributed by atoms with van der Waals surface area (Å²) in [7, 11) is 1.72. The van der Waals surface area contributed by atoms with Gasteiger partial charge in [0.25, 0.3) is 0 Å². The molecule has 0 amide bonds. The summed E-state index contributed by atoms with van der Waals surface area (Å²) in [6.07, 6.45) is 3.91. The molecule has 4 aromatic rings. The van der Waals surface area contributed by atoms with E-state index in [1.807, 2.05) is 72.9 Å². The van der Waals surface area contributed by atoms with Gasteiger partial charge in [0.15, 0.2) is 5.11 Å². The van der Waals surface area contributed by atoms with Crippen molar-refractivity contribution in [1.82, 2.24) is 14.9 Å². The van der Waals surface area contributed by atoms with Gasteiger partial charge >= 0.3 is 0 Å². The molecule has 178 valence electrons. The fourth-order valence-corrected chi connectivity index (χ4v) is 4.79. The second-order valence-electron chi connectivity index (χ2n) is 8.52. The summed E-state index contributed by atoms with van der Waals surface area (Å²) in [6.45, 7) is 3.45. The van der Waals surface area contributed by atoms with Gasteiger partial charge in [0.2, 0.25) is 0 Å². The largest absolute Gasteiger partial charge is 0.457 e. The summed E-state index contributed by atoms with van der Waals surface area (Å²) in [5.41, 5.74) is 4.28. The van der Waals surface area contributed by atoms with Crippen LogP contribution in [0.25, 0.3) is 0 Å². The van der Waals surface area contributed by atoms with Crippen LogP contribution in [0.4, 0.5) is 5.69 Å². The molecule has 2 atom stereocenters. The van der Waals surface area contributed by atoms with Gasteiger partial charge in [-0.05, 0) is 79.8 Å². The lowest BCUT2D eigenvalue weighted by atomic mass is 10.0. The van der Waals surface area contributed by atoms with Gasteiger partial charge in [-0.1, -0.05) is 23.8 Å². The second kappa shape index (κ2) is 10.3. The molecule has 1 aliphatic rings. The molecule has 1 fully saturated rings. The van der Waals surface area contributed by atoms with Crippen molar-refractivity contribution in [2.45, 2.75) is 25.6 Å². The molecule has 0 bridgehead atoms. The van der Waals surface area contributed by atoms with Gasteiger partial charge in [-0.15, -0.1) is 0 Å². The standard InChI is InChI=1S/C28H28N4O2S/c1-20-8-12-22(13-9-20)34-23-14-10-21(11-15-23)32-27(25-7-5-17-31(25)18-19-33-2)26(30-28(32)35)24-6-3-4-16-29-24/h3-17,26-27H,18-19H2,1-2H3,(H,30,35). The molecule has 2 unspecified atom stereocenters. The second-order valence-corrected chi connectivity index (χ2v) is 8.91. The Morgan fingerprint density at radius 3 is 2.37 bits per heavy atom. The molecule has 1 saturated heterocycles. The van der Waals surface area contributed by atoms with Crippen molar-refractivity contribution in [1.29, 1.82) is 0 Å². The number of benzene rings is 2. The first-order chi connectivity index (χ1) is 17.1. The summed E-state index contributed by atoms with van der Waals surface area (Å²) in [5, 5.41) is 4.18. The molecule has 35 heavy (non-hydrogen) atoms. The van der Waals surface area contributed by atoms with E-state index in [1.54, 1.807) is 7.11 Å². The maximum Gasteiger partial charge on any atom is 0.174 e. The van der Waals surface area contributed by atoms with Crippen LogP contribution < -0.4 is 15.0 Å². The van der Waals surface area contributed by atoms with Gasteiger partial charge in [-0.25, -0.2) is 0 Å². The van der Waals surface area contributed by atoms with E-state index in [0.717, 1.165) is 35.1 Å². The number of nitrogens with one attached hydrogen (secondary N) is 1. The normalized spacial score (nSPS) is 17.4. The first-order valence-electron chi connectivity index (χ1n) is 11.6. The Hall–Kier alpha value is -3.68. The Kier molecular flexibility index (Phi) is 6.79. The lowest BCUT2D eigenvalue weighted by Crippen LogP contribution is -2.30. The molecule has 2 aromatic carbocycles. The predicted octanol–water partition coefficient (Wildman–Crippen LogP) is 5.81. The minimum Gasteiger partial charge on any atom is -0.457 e. The molecule has 0 saturated carbocycles. The highest BCUT2D eigenvalue weighted by Gasteiger charge is 2.42. The Labute approximate surface area is 211 Å². The number of pyridine rings is 1. The van der Waals surface area contributed by atoms with E-state index < -0.39 is 0 Å². The van der Waals surface area contributed by atoms with E-state index >= 15 is 0 Å². The molecule has 0 aliphatic carbocycles. The van der Waals surface area contributed by atoms with Crippen LogP contribution in [0.5, 0.6) is 11.5 Å². The smallest absolute Gasteiger partial charge is 0.174 e. The molecule has 0 radical (unpaired) electrons. The first-order valence-corrected chi connectivity index (χ1v) is 12.0. The van der Waals surface area contributed by atoms with Gasteiger partial charge in [-0.2, -0.15) is 0 Å². The zero-order chi connectivity index (χ0) is 24.2. The molecule has 5 rings (SSSR count). The number of hydrogen-bond donors (Lipinski definition) is 1. The molecule has 1 aliphatic heterocycles. The molecule has 0 spiro atoms. The fourth-order valence-electron chi connectivity index (χ4n) is 4.44. The Balaban J connectivity index is 1.48. The Morgan fingerprint density at radius 1 is 0.943 bits per heavy atom. The molecule has 7 heteroatoms. The van der Waals surface area contributed by atoms with Crippen molar-refractivity contribution in [3.63, 3.8) is 0 Å². The minimum atomic E-state index is -0.0941. The third-order valence-electron chi connectivity index (χ3n) is 6.17. The number of methoxy groups -OCH3 is 1. The summed E-state index contributed by atoms with van der Waals surface area (Å²) >= 11 is 5.85. The number of thiocarbonyl (C=S) groups is 1. The molecule has 1 N–H and O–H groups in total. The van der Waals surface area contributed by atoms with Crippen LogP contribution in [0.15, 0.2) is 91.3 Å². The van der Waals surface area contributed by atoms with E-state index in [2.05, 4.69) is 45.0 Å². The van der Waals surface area contributed by atoms with Crippen molar-refractivity contribution < 1.29 is 9.47 Å². The van der Waals surface area contributed by atoms with Crippen LogP contribution >= 0.6 is 12.2 Å².